The molecule has 0 radical (unpaired) electrons. The van der Waals surface area contributed by atoms with Gasteiger partial charge >= 0.3 is 0 Å². The number of primary amides is 1. The quantitative estimate of drug-likeness (QED) is 0.892. The Bertz CT molecular complexity index is 745. The molecule has 0 aromatic carbocycles. The zero-order valence-corrected chi connectivity index (χ0v) is 15.4. The van der Waals surface area contributed by atoms with Crippen molar-refractivity contribution in [2.75, 3.05) is 37.6 Å². The molecule has 5 nitrogen and oxygen atoms in total. The summed E-state index contributed by atoms with van der Waals surface area (Å²) < 4.78 is 1.09. The highest BCUT2D eigenvalue weighted by atomic mass is 32.1. The van der Waals surface area contributed by atoms with Crippen molar-refractivity contribution in [2.45, 2.75) is 32.1 Å². The van der Waals surface area contributed by atoms with Crippen LogP contribution in [0.5, 0.6) is 0 Å². The molecule has 2 N–H and O–H groups in total. The van der Waals surface area contributed by atoms with Gasteiger partial charge in [0.15, 0.2) is 0 Å². The van der Waals surface area contributed by atoms with E-state index in [1.807, 2.05) is 18.3 Å². The van der Waals surface area contributed by atoms with E-state index < -0.39 is 0 Å². The first kappa shape index (κ1) is 16.8. The van der Waals surface area contributed by atoms with Gasteiger partial charge in [-0.05, 0) is 75.2 Å². The number of likely N-dealkylation sites (tertiary alicyclic amines) is 1. The van der Waals surface area contributed by atoms with Gasteiger partial charge in [0.25, 0.3) is 5.91 Å². The summed E-state index contributed by atoms with van der Waals surface area (Å²) in [5, 5.41) is 1.07. The molecule has 2 saturated heterocycles. The second kappa shape index (κ2) is 7.30. The van der Waals surface area contributed by atoms with Gasteiger partial charge in [0, 0.05) is 19.3 Å². The number of fused-ring (bicyclic) bond motifs is 1. The van der Waals surface area contributed by atoms with Gasteiger partial charge in [0.2, 0.25) is 0 Å². The van der Waals surface area contributed by atoms with Crippen LogP contribution in [0.1, 0.15) is 41.8 Å². The second-order valence-electron chi connectivity index (χ2n) is 7.30. The number of rotatable bonds is 5. The third kappa shape index (κ3) is 3.65. The van der Waals surface area contributed by atoms with E-state index in [0.29, 0.717) is 4.88 Å². The molecule has 0 saturated carbocycles. The summed E-state index contributed by atoms with van der Waals surface area (Å²) in [6, 6.07) is 3.85. The smallest absolute Gasteiger partial charge is 0.258 e. The van der Waals surface area contributed by atoms with Crippen LogP contribution in [0.15, 0.2) is 18.3 Å². The summed E-state index contributed by atoms with van der Waals surface area (Å²) in [6.45, 7) is 5.98. The number of nitrogens with zero attached hydrogens (tertiary/aromatic N) is 3. The van der Waals surface area contributed by atoms with Crippen LogP contribution in [0.2, 0.25) is 0 Å². The maximum Gasteiger partial charge on any atom is 0.258 e. The first-order chi connectivity index (χ1) is 12.2. The van der Waals surface area contributed by atoms with Crippen molar-refractivity contribution in [1.29, 1.82) is 0 Å². The molecule has 134 valence electrons. The molecule has 0 spiro atoms. The number of thiophene rings is 1. The Morgan fingerprint density at radius 1 is 1.24 bits per heavy atom. The number of carbonyl (C=O) groups is 1. The van der Waals surface area contributed by atoms with E-state index in [1.165, 1.54) is 63.1 Å². The Kier molecular flexibility index (Phi) is 4.90. The van der Waals surface area contributed by atoms with E-state index in [9.17, 15) is 4.79 Å². The molecule has 2 aromatic rings. The molecule has 2 aliphatic rings. The van der Waals surface area contributed by atoms with E-state index in [0.717, 1.165) is 34.9 Å². The molecule has 0 bridgehead atoms. The maximum absolute atomic E-state index is 11.5. The van der Waals surface area contributed by atoms with Crippen LogP contribution in [0, 0.1) is 5.92 Å². The first-order valence-electron chi connectivity index (χ1n) is 9.36. The van der Waals surface area contributed by atoms with Crippen molar-refractivity contribution in [3.63, 3.8) is 0 Å². The van der Waals surface area contributed by atoms with Gasteiger partial charge in [-0.25, -0.2) is 4.98 Å². The van der Waals surface area contributed by atoms with E-state index >= 15 is 0 Å². The highest BCUT2D eigenvalue weighted by molar-refractivity contribution is 7.21. The lowest BCUT2D eigenvalue weighted by molar-refractivity contribution is 0.100. The van der Waals surface area contributed by atoms with Gasteiger partial charge in [-0.3, -0.25) is 4.79 Å². The molecule has 6 heteroatoms. The van der Waals surface area contributed by atoms with Crippen molar-refractivity contribution in [3.8, 4) is 0 Å². The lowest BCUT2D eigenvalue weighted by Crippen LogP contribution is -2.35. The number of aromatic nitrogens is 1. The molecule has 2 fully saturated rings. The summed E-state index contributed by atoms with van der Waals surface area (Å²) in [7, 11) is 0. The van der Waals surface area contributed by atoms with Gasteiger partial charge in [0.1, 0.15) is 5.82 Å². The number of hydrogen-bond donors (Lipinski definition) is 1. The number of amides is 1. The molecule has 0 aliphatic carbocycles. The molecule has 0 unspecified atom stereocenters. The Balaban J connectivity index is 1.40. The Morgan fingerprint density at radius 3 is 2.72 bits per heavy atom. The largest absolute Gasteiger partial charge is 0.365 e. The zero-order chi connectivity index (χ0) is 17.2. The highest BCUT2D eigenvalue weighted by Gasteiger charge is 2.23. The summed E-state index contributed by atoms with van der Waals surface area (Å²) in [6.07, 6.45) is 8.40. The Labute approximate surface area is 152 Å². The first-order valence-corrected chi connectivity index (χ1v) is 10.2. The van der Waals surface area contributed by atoms with Gasteiger partial charge in [-0.15, -0.1) is 11.3 Å². The van der Waals surface area contributed by atoms with E-state index in [-0.39, 0.29) is 5.91 Å². The molecule has 4 heterocycles. The van der Waals surface area contributed by atoms with Crippen molar-refractivity contribution in [2.24, 2.45) is 11.7 Å². The maximum atomic E-state index is 11.5. The number of piperidine rings is 1. The second-order valence-corrected chi connectivity index (χ2v) is 8.35. The number of carbonyl (C=O) groups excluding carboxylic acids is 1. The predicted octanol–water partition coefficient (Wildman–Crippen LogP) is 3.10. The fraction of sp³-hybridized carbons (Fsp3) is 0.579. The number of nitrogens with two attached hydrogens (primary N) is 1. The molecule has 2 aliphatic heterocycles. The van der Waals surface area contributed by atoms with Crippen LogP contribution in [0.4, 0.5) is 5.82 Å². The van der Waals surface area contributed by atoms with Crippen LogP contribution in [-0.2, 0) is 0 Å². The lowest BCUT2D eigenvalue weighted by atomic mass is 9.93. The van der Waals surface area contributed by atoms with Crippen LogP contribution in [-0.4, -0.2) is 48.5 Å². The lowest BCUT2D eigenvalue weighted by Gasteiger charge is -2.33. The minimum atomic E-state index is -0.354. The average molecular weight is 359 g/mol. The monoisotopic (exact) mass is 358 g/mol. The minimum absolute atomic E-state index is 0.354. The molecule has 0 atom stereocenters. The Morgan fingerprint density at radius 2 is 2.00 bits per heavy atom. The van der Waals surface area contributed by atoms with Crippen LogP contribution < -0.4 is 10.6 Å². The van der Waals surface area contributed by atoms with Gasteiger partial charge in [-0.1, -0.05) is 0 Å². The van der Waals surface area contributed by atoms with Crippen molar-refractivity contribution >= 4 is 33.1 Å². The average Bonchev–Trinajstić information content (AvgIpc) is 3.29. The number of pyridine rings is 1. The highest BCUT2D eigenvalue weighted by Crippen LogP contribution is 2.34. The fourth-order valence-electron chi connectivity index (χ4n) is 4.10. The molecule has 4 rings (SSSR count). The molecule has 2 aromatic heterocycles. The molecule has 25 heavy (non-hydrogen) atoms. The molecule has 1 amide bonds. The van der Waals surface area contributed by atoms with Crippen molar-refractivity contribution < 1.29 is 4.79 Å². The summed E-state index contributed by atoms with van der Waals surface area (Å²) in [5.74, 6) is 1.50. The predicted molar refractivity (Wildman–Crippen MR) is 103 cm³/mol. The van der Waals surface area contributed by atoms with Crippen LogP contribution in [0.3, 0.4) is 0 Å². The van der Waals surface area contributed by atoms with E-state index in [1.54, 1.807) is 0 Å². The van der Waals surface area contributed by atoms with Gasteiger partial charge < -0.3 is 15.5 Å². The minimum Gasteiger partial charge on any atom is -0.365 e. The molecular weight excluding hydrogens is 332 g/mol. The normalized spacial score (nSPS) is 19.8. The van der Waals surface area contributed by atoms with E-state index in [2.05, 4.69) is 14.8 Å². The summed E-state index contributed by atoms with van der Waals surface area (Å²) >= 11 is 1.47. The van der Waals surface area contributed by atoms with Crippen LogP contribution in [0.25, 0.3) is 10.1 Å². The zero-order valence-electron chi connectivity index (χ0n) is 14.6. The third-order valence-corrected chi connectivity index (χ3v) is 6.79. The van der Waals surface area contributed by atoms with Gasteiger partial charge in [-0.2, -0.15) is 0 Å². The fourth-order valence-corrected chi connectivity index (χ4v) is 5.13. The van der Waals surface area contributed by atoms with Gasteiger partial charge in [0.05, 0.1) is 9.58 Å². The van der Waals surface area contributed by atoms with Crippen LogP contribution >= 0.6 is 11.3 Å². The summed E-state index contributed by atoms with van der Waals surface area (Å²) in [5.41, 5.74) is 5.44. The van der Waals surface area contributed by atoms with Crippen molar-refractivity contribution in [1.82, 2.24) is 9.88 Å². The standard InChI is InChI=1S/C19H26N4OS/c20-18(24)16-13-15-3-7-21-19(17(15)25-16)23-11-5-14(6-12-23)4-10-22-8-1-2-9-22/h3,7,13-14H,1-2,4-6,8-12H2,(H2,20,24). The van der Waals surface area contributed by atoms with Crippen molar-refractivity contribution in [3.05, 3.63) is 23.2 Å². The topological polar surface area (TPSA) is 62.5 Å². The number of anilines is 1. The third-order valence-electron chi connectivity index (χ3n) is 5.62. The van der Waals surface area contributed by atoms with E-state index in [4.69, 9.17) is 5.73 Å². The number of hydrogen-bond acceptors (Lipinski definition) is 5. The Hall–Kier alpha value is -1.66. The summed E-state index contributed by atoms with van der Waals surface area (Å²) in [4.78, 5) is 21.7. The molecular formula is C19H26N4OS. The SMILES string of the molecule is NC(=O)c1cc2ccnc(N3CCC(CCN4CCCC4)CC3)c2s1.